The summed E-state index contributed by atoms with van der Waals surface area (Å²) in [5.41, 5.74) is -1.97. The third-order valence-corrected chi connectivity index (χ3v) is 4.19. The molecule has 1 fully saturated rings. The first-order chi connectivity index (χ1) is 7.60. The van der Waals surface area contributed by atoms with Crippen molar-refractivity contribution in [2.75, 3.05) is 6.61 Å². The fraction of sp³-hybridized carbons (Fsp3) is 1.00. The molecule has 0 aromatic rings. The van der Waals surface area contributed by atoms with Crippen molar-refractivity contribution in [3.05, 3.63) is 0 Å². The lowest BCUT2D eigenvalue weighted by Gasteiger charge is -2.44. The van der Waals surface area contributed by atoms with Crippen molar-refractivity contribution >= 4 is 8.32 Å². The molecule has 1 aliphatic carbocycles. The predicted molar refractivity (Wildman–Crippen MR) is 62.3 cm³/mol. The summed E-state index contributed by atoms with van der Waals surface area (Å²) in [5, 5.41) is 8.98. The number of hydrogen-bond donors (Lipinski definition) is 1. The first-order valence-electron chi connectivity index (χ1n) is 5.97. The van der Waals surface area contributed by atoms with Gasteiger partial charge in [0.15, 0.2) is 13.9 Å². The Kier molecular flexibility index (Phi) is 4.31. The Morgan fingerprint density at radius 1 is 1.24 bits per heavy atom. The second-order valence-corrected chi connectivity index (χ2v) is 10.3. The van der Waals surface area contributed by atoms with E-state index in [1.54, 1.807) is 19.6 Å². The van der Waals surface area contributed by atoms with Crippen LogP contribution in [0.15, 0.2) is 0 Å². The molecule has 102 valence electrons. The van der Waals surface area contributed by atoms with E-state index in [-0.39, 0.29) is 25.4 Å². The average Bonchev–Trinajstić information content (AvgIpc) is 2.14. The van der Waals surface area contributed by atoms with Crippen molar-refractivity contribution in [1.82, 2.24) is 0 Å². The highest BCUT2D eigenvalue weighted by molar-refractivity contribution is 6.69. The van der Waals surface area contributed by atoms with Gasteiger partial charge in [0.05, 0.1) is 0 Å². The van der Waals surface area contributed by atoms with Crippen LogP contribution in [0.3, 0.4) is 0 Å². The summed E-state index contributed by atoms with van der Waals surface area (Å²) < 4.78 is 45.0. The van der Waals surface area contributed by atoms with Crippen LogP contribution in [-0.2, 0) is 4.43 Å². The zero-order chi connectivity index (χ0) is 13.3. The monoisotopic (exact) mass is 270 g/mol. The van der Waals surface area contributed by atoms with Gasteiger partial charge in [-0.15, -0.1) is 0 Å². The van der Waals surface area contributed by atoms with Crippen LogP contribution in [0.2, 0.25) is 19.6 Å². The third kappa shape index (κ3) is 3.69. The highest BCUT2D eigenvalue weighted by Crippen LogP contribution is 2.47. The summed E-state index contributed by atoms with van der Waals surface area (Å²) in [6, 6.07) is 0. The maximum atomic E-state index is 13.2. The fourth-order valence-electron chi connectivity index (χ4n) is 2.36. The lowest BCUT2D eigenvalue weighted by molar-refractivity contribution is -0.264. The lowest BCUT2D eigenvalue weighted by atomic mass is 9.79. The SMILES string of the molecule is C[Si](C)(C)OC1(C(F)(F)F)CCC(CO)CC1. The van der Waals surface area contributed by atoms with Gasteiger partial charge >= 0.3 is 6.18 Å². The van der Waals surface area contributed by atoms with E-state index in [9.17, 15) is 13.2 Å². The Bertz CT molecular complexity index is 252. The molecule has 0 heterocycles. The van der Waals surface area contributed by atoms with E-state index >= 15 is 0 Å². The van der Waals surface area contributed by atoms with Crippen molar-refractivity contribution in [3.63, 3.8) is 0 Å². The van der Waals surface area contributed by atoms with Gasteiger partial charge < -0.3 is 9.53 Å². The standard InChI is InChI=1S/C11H21F3O2Si/c1-17(2,3)16-10(11(12,13)14)6-4-9(8-15)5-7-10/h9,15H,4-8H2,1-3H3. The van der Waals surface area contributed by atoms with Crippen molar-refractivity contribution in [3.8, 4) is 0 Å². The first kappa shape index (κ1) is 15.0. The molecule has 0 aliphatic heterocycles. The van der Waals surface area contributed by atoms with Crippen molar-refractivity contribution in [2.45, 2.75) is 57.1 Å². The van der Waals surface area contributed by atoms with Crippen LogP contribution in [0.1, 0.15) is 25.7 Å². The fourth-order valence-corrected chi connectivity index (χ4v) is 3.85. The molecule has 1 aliphatic rings. The van der Waals surface area contributed by atoms with E-state index in [4.69, 9.17) is 9.53 Å². The summed E-state index contributed by atoms with van der Waals surface area (Å²) in [7, 11) is -2.24. The van der Waals surface area contributed by atoms with E-state index in [0.29, 0.717) is 12.8 Å². The zero-order valence-electron chi connectivity index (χ0n) is 10.6. The quantitative estimate of drug-likeness (QED) is 0.797. The Labute approximate surface area is 101 Å². The number of hydrogen-bond acceptors (Lipinski definition) is 2. The Hall–Kier alpha value is -0.0731. The van der Waals surface area contributed by atoms with Crippen LogP contribution in [0.5, 0.6) is 0 Å². The van der Waals surface area contributed by atoms with Crippen LogP contribution in [-0.4, -0.2) is 31.8 Å². The molecule has 0 amide bonds. The molecule has 0 bridgehead atoms. The molecule has 2 nitrogen and oxygen atoms in total. The van der Waals surface area contributed by atoms with Gasteiger partial charge in [0.25, 0.3) is 0 Å². The smallest absolute Gasteiger partial charge is 0.404 e. The Balaban J connectivity index is 2.83. The Morgan fingerprint density at radius 2 is 1.71 bits per heavy atom. The van der Waals surface area contributed by atoms with Gasteiger partial charge in [0.2, 0.25) is 0 Å². The van der Waals surface area contributed by atoms with E-state index in [2.05, 4.69) is 0 Å². The maximum absolute atomic E-state index is 13.2. The van der Waals surface area contributed by atoms with E-state index in [1.165, 1.54) is 0 Å². The van der Waals surface area contributed by atoms with E-state index in [0.717, 1.165) is 0 Å². The number of rotatable bonds is 3. The molecule has 0 unspecified atom stereocenters. The third-order valence-electron chi connectivity index (χ3n) is 3.19. The summed E-state index contributed by atoms with van der Waals surface area (Å²) in [5.74, 6) is -0.00397. The minimum Gasteiger partial charge on any atom is -0.404 e. The van der Waals surface area contributed by atoms with Crippen LogP contribution in [0, 0.1) is 5.92 Å². The average molecular weight is 270 g/mol. The molecule has 6 heteroatoms. The number of aliphatic hydroxyl groups excluding tert-OH is 1. The van der Waals surface area contributed by atoms with Crippen molar-refractivity contribution < 1.29 is 22.7 Å². The van der Waals surface area contributed by atoms with Gasteiger partial charge in [-0.1, -0.05) is 0 Å². The summed E-state index contributed by atoms with van der Waals surface area (Å²) in [6.45, 7) is 5.30. The minimum atomic E-state index is -4.31. The number of halogens is 3. The molecular formula is C11H21F3O2Si. The molecule has 1 N–H and O–H groups in total. The molecule has 0 atom stereocenters. The molecule has 0 aromatic carbocycles. The molecule has 17 heavy (non-hydrogen) atoms. The van der Waals surface area contributed by atoms with Gasteiger partial charge in [0, 0.05) is 6.61 Å². The normalized spacial score (nSPS) is 31.6. The Morgan fingerprint density at radius 3 is 2.00 bits per heavy atom. The maximum Gasteiger partial charge on any atom is 0.416 e. The van der Waals surface area contributed by atoms with Crippen LogP contribution < -0.4 is 0 Å². The largest absolute Gasteiger partial charge is 0.416 e. The van der Waals surface area contributed by atoms with Gasteiger partial charge in [-0.25, -0.2) is 0 Å². The molecule has 1 rings (SSSR count). The second-order valence-electron chi connectivity index (χ2n) is 5.83. The van der Waals surface area contributed by atoms with Crippen LogP contribution in [0.25, 0.3) is 0 Å². The summed E-state index contributed by atoms with van der Waals surface area (Å²) in [6.07, 6.45) is -3.58. The van der Waals surface area contributed by atoms with Gasteiger partial charge in [0.1, 0.15) is 0 Å². The topological polar surface area (TPSA) is 29.5 Å². The van der Waals surface area contributed by atoms with Gasteiger partial charge in [-0.2, -0.15) is 13.2 Å². The lowest BCUT2D eigenvalue weighted by Crippen LogP contribution is -2.55. The van der Waals surface area contributed by atoms with Gasteiger partial charge in [-0.05, 0) is 51.2 Å². The molecule has 1 saturated carbocycles. The van der Waals surface area contributed by atoms with Crippen LogP contribution >= 0.6 is 0 Å². The second kappa shape index (κ2) is 4.89. The molecular weight excluding hydrogens is 249 g/mol. The minimum absolute atomic E-state index is 0.00397. The van der Waals surface area contributed by atoms with Crippen molar-refractivity contribution in [2.24, 2.45) is 5.92 Å². The first-order valence-corrected chi connectivity index (χ1v) is 9.38. The van der Waals surface area contributed by atoms with Crippen molar-refractivity contribution in [1.29, 1.82) is 0 Å². The zero-order valence-corrected chi connectivity index (χ0v) is 11.6. The molecule has 0 spiro atoms. The number of aliphatic hydroxyl groups is 1. The molecule has 0 aromatic heterocycles. The van der Waals surface area contributed by atoms with Gasteiger partial charge in [-0.3, -0.25) is 0 Å². The van der Waals surface area contributed by atoms with E-state index in [1.807, 2.05) is 0 Å². The summed E-state index contributed by atoms with van der Waals surface area (Å²) >= 11 is 0. The number of alkyl halides is 3. The highest BCUT2D eigenvalue weighted by Gasteiger charge is 2.58. The molecule has 0 saturated heterocycles. The van der Waals surface area contributed by atoms with Crippen LogP contribution in [0.4, 0.5) is 13.2 Å². The van der Waals surface area contributed by atoms with E-state index < -0.39 is 20.1 Å². The predicted octanol–water partition coefficient (Wildman–Crippen LogP) is 3.32. The molecule has 0 radical (unpaired) electrons. The summed E-state index contributed by atoms with van der Waals surface area (Å²) in [4.78, 5) is 0. The highest BCUT2D eigenvalue weighted by atomic mass is 28.4.